The minimum absolute atomic E-state index is 0.167. The molecule has 2 heterocycles. The number of carbonyl (C=O) groups excluding carboxylic acids is 1. The first kappa shape index (κ1) is 15.4. The van der Waals surface area contributed by atoms with Crippen molar-refractivity contribution in [1.29, 1.82) is 0 Å². The van der Waals surface area contributed by atoms with Gasteiger partial charge in [0.05, 0.1) is 22.4 Å². The maximum atomic E-state index is 12.4. The Labute approximate surface area is 139 Å². The Morgan fingerprint density at radius 3 is 2.86 bits per heavy atom. The molecule has 0 aromatic carbocycles. The first-order valence-electron chi connectivity index (χ1n) is 7.40. The van der Waals surface area contributed by atoms with Crippen LogP contribution in [0.1, 0.15) is 56.3 Å². The van der Waals surface area contributed by atoms with Gasteiger partial charge in [-0.05, 0) is 45.8 Å². The molecule has 0 spiro atoms. The summed E-state index contributed by atoms with van der Waals surface area (Å²) in [4.78, 5) is 17.1. The van der Waals surface area contributed by atoms with E-state index in [0.29, 0.717) is 16.6 Å². The third-order valence-electron chi connectivity index (χ3n) is 3.59. The highest BCUT2D eigenvalue weighted by atomic mass is 32.1. The Morgan fingerprint density at radius 2 is 2.23 bits per heavy atom. The van der Waals surface area contributed by atoms with Crippen molar-refractivity contribution in [2.45, 2.75) is 51.7 Å². The number of thiazole rings is 1. The number of nitrogens with zero attached hydrogens (tertiary/aromatic N) is 1. The summed E-state index contributed by atoms with van der Waals surface area (Å²) in [6.45, 7) is 5.52. The molecule has 0 unspecified atom stereocenters. The standard InChI is InChI=1S/C15H19N3O2S2/c1-7(2)20-14(19)11-8(3)16-15(21)18-12(11)10-6-22-13(17-10)9-4-5-9/h6-7,9,12H,4-5H2,1-3H3,(H2,16,18,21)/t12-/m1/s1. The van der Waals surface area contributed by atoms with E-state index in [2.05, 4.69) is 10.6 Å². The quantitative estimate of drug-likeness (QED) is 0.651. The van der Waals surface area contributed by atoms with Gasteiger partial charge in [0.25, 0.3) is 0 Å². The zero-order chi connectivity index (χ0) is 15.9. The van der Waals surface area contributed by atoms with Crippen LogP contribution in [-0.2, 0) is 9.53 Å². The van der Waals surface area contributed by atoms with E-state index in [0.717, 1.165) is 16.4 Å². The van der Waals surface area contributed by atoms with Gasteiger partial charge in [-0.25, -0.2) is 9.78 Å². The van der Waals surface area contributed by atoms with Crippen molar-refractivity contribution in [3.05, 3.63) is 27.4 Å². The number of thiocarbonyl (C=S) groups is 1. The van der Waals surface area contributed by atoms with E-state index >= 15 is 0 Å². The predicted octanol–water partition coefficient (Wildman–Crippen LogP) is 2.76. The normalized spacial score (nSPS) is 21.6. The van der Waals surface area contributed by atoms with Crippen molar-refractivity contribution < 1.29 is 9.53 Å². The summed E-state index contributed by atoms with van der Waals surface area (Å²) in [6, 6.07) is -0.344. The summed E-state index contributed by atoms with van der Waals surface area (Å²) < 4.78 is 5.37. The van der Waals surface area contributed by atoms with Crippen molar-refractivity contribution >= 4 is 34.6 Å². The SMILES string of the molecule is CC1=C(C(=O)OC(C)C)[C@@H](c2csc(C3CC3)n2)NC(=S)N1. The smallest absolute Gasteiger partial charge is 0.338 e. The van der Waals surface area contributed by atoms with Gasteiger partial charge in [0.15, 0.2) is 5.11 Å². The molecule has 1 saturated carbocycles. The molecule has 1 fully saturated rings. The monoisotopic (exact) mass is 337 g/mol. The van der Waals surface area contributed by atoms with Gasteiger partial charge in [0, 0.05) is 17.0 Å². The van der Waals surface area contributed by atoms with E-state index in [1.54, 1.807) is 11.3 Å². The molecule has 7 heteroatoms. The molecule has 1 aliphatic heterocycles. The van der Waals surface area contributed by atoms with Gasteiger partial charge in [-0.2, -0.15) is 0 Å². The van der Waals surface area contributed by atoms with Crippen LogP contribution < -0.4 is 10.6 Å². The van der Waals surface area contributed by atoms with Crippen LogP contribution in [0.15, 0.2) is 16.7 Å². The molecule has 1 aromatic heterocycles. The van der Waals surface area contributed by atoms with Gasteiger partial charge >= 0.3 is 5.97 Å². The number of nitrogens with one attached hydrogen (secondary N) is 2. The number of carbonyl (C=O) groups is 1. The fraction of sp³-hybridized carbons (Fsp3) is 0.533. The van der Waals surface area contributed by atoms with Crippen LogP contribution in [0.25, 0.3) is 0 Å². The van der Waals surface area contributed by atoms with E-state index in [1.165, 1.54) is 12.8 Å². The van der Waals surface area contributed by atoms with Crippen molar-refractivity contribution in [2.24, 2.45) is 0 Å². The summed E-state index contributed by atoms with van der Waals surface area (Å²) in [5.41, 5.74) is 2.11. The molecule has 22 heavy (non-hydrogen) atoms. The molecule has 0 amide bonds. The van der Waals surface area contributed by atoms with Crippen LogP contribution in [0.2, 0.25) is 0 Å². The van der Waals surface area contributed by atoms with Crippen molar-refractivity contribution in [3.63, 3.8) is 0 Å². The zero-order valence-corrected chi connectivity index (χ0v) is 14.4. The summed E-state index contributed by atoms with van der Waals surface area (Å²) in [6.07, 6.45) is 2.25. The number of hydrogen-bond acceptors (Lipinski definition) is 5. The van der Waals surface area contributed by atoms with Crippen LogP contribution in [0, 0.1) is 0 Å². The van der Waals surface area contributed by atoms with Crippen molar-refractivity contribution in [2.75, 3.05) is 0 Å². The van der Waals surface area contributed by atoms with Gasteiger partial charge in [-0.1, -0.05) is 0 Å². The first-order valence-corrected chi connectivity index (χ1v) is 8.69. The van der Waals surface area contributed by atoms with Crippen LogP contribution in [0.5, 0.6) is 0 Å². The number of esters is 1. The second-order valence-electron chi connectivity index (χ2n) is 5.91. The van der Waals surface area contributed by atoms with Crippen molar-refractivity contribution in [3.8, 4) is 0 Å². The lowest BCUT2D eigenvalue weighted by Crippen LogP contribution is -2.45. The van der Waals surface area contributed by atoms with Crippen LogP contribution in [0.3, 0.4) is 0 Å². The Bertz CT molecular complexity index is 647. The minimum Gasteiger partial charge on any atom is -0.459 e. The Balaban J connectivity index is 1.92. The largest absolute Gasteiger partial charge is 0.459 e. The number of rotatable bonds is 4. The fourth-order valence-electron chi connectivity index (χ4n) is 2.41. The molecule has 2 N–H and O–H groups in total. The van der Waals surface area contributed by atoms with Crippen LogP contribution in [0.4, 0.5) is 0 Å². The number of aromatic nitrogens is 1. The highest BCUT2D eigenvalue weighted by Gasteiger charge is 2.34. The second-order valence-corrected chi connectivity index (χ2v) is 7.21. The molecule has 0 saturated heterocycles. The number of hydrogen-bond donors (Lipinski definition) is 2. The lowest BCUT2D eigenvalue weighted by Gasteiger charge is -2.29. The average molecular weight is 337 g/mol. The van der Waals surface area contributed by atoms with E-state index in [-0.39, 0.29) is 18.1 Å². The Hall–Kier alpha value is -1.47. The highest BCUT2D eigenvalue weighted by Crippen LogP contribution is 2.42. The second kappa shape index (κ2) is 5.96. The summed E-state index contributed by atoms with van der Waals surface area (Å²) in [5, 5.41) is 9.81. The number of allylic oxidation sites excluding steroid dienone is 1. The zero-order valence-electron chi connectivity index (χ0n) is 12.8. The molecule has 3 rings (SSSR count). The molecule has 5 nitrogen and oxygen atoms in total. The lowest BCUT2D eigenvalue weighted by molar-refractivity contribution is -0.143. The van der Waals surface area contributed by atoms with E-state index < -0.39 is 0 Å². The van der Waals surface area contributed by atoms with Gasteiger partial charge in [-0.3, -0.25) is 0 Å². The lowest BCUT2D eigenvalue weighted by atomic mass is 10.0. The summed E-state index contributed by atoms with van der Waals surface area (Å²) in [5.74, 6) is 0.268. The minimum atomic E-state index is -0.344. The van der Waals surface area contributed by atoms with Crippen LogP contribution >= 0.6 is 23.6 Å². The molecule has 2 aliphatic rings. The van der Waals surface area contributed by atoms with Crippen molar-refractivity contribution in [1.82, 2.24) is 15.6 Å². The highest BCUT2D eigenvalue weighted by molar-refractivity contribution is 7.80. The number of ether oxygens (including phenoxy) is 1. The van der Waals surface area contributed by atoms with E-state index in [9.17, 15) is 4.79 Å². The maximum Gasteiger partial charge on any atom is 0.338 e. The maximum absolute atomic E-state index is 12.4. The summed E-state index contributed by atoms with van der Waals surface area (Å²) in [7, 11) is 0. The average Bonchev–Trinajstić information content (AvgIpc) is 3.14. The molecule has 1 aromatic rings. The molecular formula is C15H19N3O2S2. The molecular weight excluding hydrogens is 318 g/mol. The predicted molar refractivity (Wildman–Crippen MR) is 89.6 cm³/mol. The third-order valence-corrected chi connectivity index (χ3v) is 4.84. The van der Waals surface area contributed by atoms with Gasteiger partial charge in [0.1, 0.15) is 6.04 Å². The topological polar surface area (TPSA) is 63.2 Å². The molecule has 0 bridgehead atoms. The molecule has 1 atom stereocenters. The molecule has 0 radical (unpaired) electrons. The molecule has 118 valence electrons. The van der Waals surface area contributed by atoms with Crippen LogP contribution in [-0.4, -0.2) is 22.2 Å². The fourth-order valence-corrected chi connectivity index (χ4v) is 3.70. The third kappa shape index (κ3) is 3.15. The Kier molecular flexibility index (Phi) is 4.18. The van der Waals surface area contributed by atoms with Gasteiger partial charge in [0.2, 0.25) is 0 Å². The Morgan fingerprint density at radius 1 is 1.50 bits per heavy atom. The summed E-state index contributed by atoms with van der Waals surface area (Å²) >= 11 is 6.88. The van der Waals surface area contributed by atoms with Gasteiger partial charge in [-0.15, -0.1) is 11.3 Å². The van der Waals surface area contributed by atoms with Gasteiger partial charge < -0.3 is 15.4 Å². The van der Waals surface area contributed by atoms with E-state index in [4.69, 9.17) is 21.9 Å². The first-order chi connectivity index (χ1) is 10.5. The molecule has 1 aliphatic carbocycles. The van der Waals surface area contributed by atoms with E-state index in [1.807, 2.05) is 26.2 Å².